The molecule has 2 atom stereocenters. The topological polar surface area (TPSA) is 120 Å². The van der Waals surface area contributed by atoms with Gasteiger partial charge in [-0.3, -0.25) is 14.6 Å². The first kappa shape index (κ1) is 21.4. The van der Waals surface area contributed by atoms with E-state index in [0.29, 0.717) is 35.9 Å². The summed E-state index contributed by atoms with van der Waals surface area (Å²) in [5, 5.41) is 25.6. The number of carbonyl (C=O) groups excluding carboxylic acids is 2. The second-order valence-electron chi connectivity index (χ2n) is 7.60. The quantitative estimate of drug-likeness (QED) is 0.578. The van der Waals surface area contributed by atoms with Gasteiger partial charge in [0.15, 0.2) is 10.8 Å². The van der Waals surface area contributed by atoms with Gasteiger partial charge in [0, 0.05) is 17.7 Å². The number of amidine groups is 1. The molecule has 0 aliphatic carbocycles. The minimum Gasteiger partial charge on any atom is -0.507 e. The lowest BCUT2D eigenvalue weighted by atomic mass is 9.86. The Morgan fingerprint density at radius 3 is 2.62 bits per heavy atom. The Bertz CT molecular complexity index is 886. The SMILES string of the molecule is Cc1c(C)c2c(c(C)c1O)CCC(C)(C(=O)N[C@@H](CO)C(=O)NC1=NCCS1)O2. The summed E-state index contributed by atoms with van der Waals surface area (Å²) < 4.78 is 6.12. The van der Waals surface area contributed by atoms with Gasteiger partial charge >= 0.3 is 0 Å². The van der Waals surface area contributed by atoms with Gasteiger partial charge in [-0.05, 0) is 50.8 Å². The minimum absolute atomic E-state index is 0.252. The number of aliphatic imine (C=N–C) groups is 1. The van der Waals surface area contributed by atoms with E-state index < -0.39 is 30.1 Å². The fourth-order valence-electron chi connectivity index (χ4n) is 3.52. The second kappa shape index (κ2) is 8.23. The van der Waals surface area contributed by atoms with Gasteiger partial charge in [-0.2, -0.15) is 0 Å². The van der Waals surface area contributed by atoms with Crippen molar-refractivity contribution in [2.45, 2.75) is 52.2 Å². The van der Waals surface area contributed by atoms with Crippen molar-refractivity contribution in [2.75, 3.05) is 18.9 Å². The van der Waals surface area contributed by atoms with Crippen LogP contribution in [0.2, 0.25) is 0 Å². The normalized spacial score (nSPS) is 21.6. The number of phenols is 1. The lowest BCUT2D eigenvalue weighted by Gasteiger charge is -2.37. The second-order valence-corrected chi connectivity index (χ2v) is 8.68. The van der Waals surface area contributed by atoms with Crippen molar-refractivity contribution < 1.29 is 24.5 Å². The van der Waals surface area contributed by atoms with Crippen molar-refractivity contribution >= 4 is 28.7 Å². The summed E-state index contributed by atoms with van der Waals surface area (Å²) in [7, 11) is 0. The molecule has 2 amide bonds. The first-order valence-electron chi connectivity index (χ1n) is 9.58. The summed E-state index contributed by atoms with van der Waals surface area (Å²) in [5.74, 6) is 0.666. The lowest BCUT2D eigenvalue weighted by molar-refractivity contribution is -0.140. The zero-order valence-electron chi connectivity index (χ0n) is 17.1. The number of amides is 2. The average Bonchev–Trinajstić information content (AvgIpc) is 3.21. The van der Waals surface area contributed by atoms with Crippen molar-refractivity contribution in [2.24, 2.45) is 4.99 Å². The zero-order chi connectivity index (χ0) is 21.3. The number of rotatable bonds is 4. The molecule has 0 saturated heterocycles. The number of nitrogens with one attached hydrogen (secondary N) is 2. The van der Waals surface area contributed by atoms with E-state index >= 15 is 0 Å². The van der Waals surface area contributed by atoms with Gasteiger partial charge in [-0.15, -0.1) is 0 Å². The van der Waals surface area contributed by atoms with Crippen LogP contribution in [0, 0.1) is 20.8 Å². The van der Waals surface area contributed by atoms with Crippen LogP contribution >= 0.6 is 11.8 Å². The van der Waals surface area contributed by atoms with Crippen molar-refractivity contribution in [1.82, 2.24) is 10.6 Å². The van der Waals surface area contributed by atoms with Crippen molar-refractivity contribution in [3.05, 3.63) is 22.3 Å². The van der Waals surface area contributed by atoms with E-state index in [9.17, 15) is 19.8 Å². The molecule has 0 radical (unpaired) electrons. The van der Waals surface area contributed by atoms with E-state index in [0.717, 1.165) is 22.4 Å². The smallest absolute Gasteiger partial charge is 0.264 e. The van der Waals surface area contributed by atoms with Gasteiger partial charge in [0.25, 0.3) is 11.8 Å². The van der Waals surface area contributed by atoms with Crippen LogP contribution in [-0.2, 0) is 16.0 Å². The molecule has 1 aromatic rings. The molecule has 1 unspecified atom stereocenters. The van der Waals surface area contributed by atoms with E-state index in [2.05, 4.69) is 15.6 Å². The number of aromatic hydroxyl groups is 1. The summed E-state index contributed by atoms with van der Waals surface area (Å²) in [6, 6.07) is -1.10. The molecule has 0 fully saturated rings. The Labute approximate surface area is 174 Å². The summed E-state index contributed by atoms with van der Waals surface area (Å²) in [5.41, 5.74) is 1.96. The third-order valence-corrected chi connectivity index (χ3v) is 6.51. The number of hydrogen-bond acceptors (Lipinski definition) is 7. The number of phenolic OH excluding ortho intramolecular Hbond substituents is 1. The lowest BCUT2D eigenvalue weighted by Crippen LogP contribution is -2.58. The Kier molecular flexibility index (Phi) is 6.09. The third kappa shape index (κ3) is 4.06. The molecule has 0 spiro atoms. The van der Waals surface area contributed by atoms with Crippen LogP contribution in [0.25, 0.3) is 0 Å². The molecular formula is C20H27N3O5S. The number of ether oxygens (including phenoxy) is 1. The van der Waals surface area contributed by atoms with E-state index in [-0.39, 0.29) is 5.75 Å². The van der Waals surface area contributed by atoms with Gasteiger partial charge in [0.1, 0.15) is 17.5 Å². The Morgan fingerprint density at radius 1 is 1.28 bits per heavy atom. The van der Waals surface area contributed by atoms with Crippen molar-refractivity contribution in [1.29, 1.82) is 0 Å². The number of thioether (sulfide) groups is 1. The van der Waals surface area contributed by atoms with Gasteiger partial charge < -0.3 is 25.6 Å². The van der Waals surface area contributed by atoms with Crippen molar-refractivity contribution in [3.8, 4) is 11.5 Å². The molecule has 0 saturated carbocycles. The monoisotopic (exact) mass is 421 g/mol. The predicted molar refractivity (Wildman–Crippen MR) is 112 cm³/mol. The Hall–Kier alpha value is -2.26. The number of aliphatic hydroxyl groups excluding tert-OH is 1. The van der Waals surface area contributed by atoms with Crippen LogP contribution in [0.1, 0.15) is 35.6 Å². The number of carbonyl (C=O) groups is 2. The Morgan fingerprint density at radius 2 is 2.00 bits per heavy atom. The summed E-state index contributed by atoms with van der Waals surface area (Å²) in [6.45, 7) is 7.26. The molecule has 29 heavy (non-hydrogen) atoms. The molecule has 3 rings (SSSR count). The molecule has 2 aliphatic rings. The van der Waals surface area contributed by atoms with Crippen LogP contribution in [0.5, 0.6) is 11.5 Å². The van der Waals surface area contributed by atoms with Crippen LogP contribution in [0.4, 0.5) is 0 Å². The van der Waals surface area contributed by atoms with Gasteiger partial charge in [0.05, 0.1) is 13.2 Å². The fourth-order valence-corrected chi connectivity index (χ4v) is 4.25. The predicted octanol–water partition coefficient (Wildman–Crippen LogP) is 1.10. The van der Waals surface area contributed by atoms with E-state index in [4.69, 9.17) is 4.74 Å². The maximum absolute atomic E-state index is 13.0. The molecule has 2 aliphatic heterocycles. The molecular weight excluding hydrogens is 394 g/mol. The summed E-state index contributed by atoms with van der Waals surface area (Å²) in [6.07, 6.45) is 0.945. The molecule has 2 heterocycles. The number of aliphatic hydroxyl groups is 1. The first-order chi connectivity index (χ1) is 13.7. The molecule has 158 valence electrons. The van der Waals surface area contributed by atoms with Crippen LogP contribution < -0.4 is 15.4 Å². The fraction of sp³-hybridized carbons (Fsp3) is 0.550. The molecule has 0 aromatic heterocycles. The van der Waals surface area contributed by atoms with Crippen LogP contribution in [-0.4, -0.2) is 57.7 Å². The van der Waals surface area contributed by atoms with Crippen LogP contribution in [0.3, 0.4) is 0 Å². The molecule has 0 bridgehead atoms. The largest absolute Gasteiger partial charge is 0.507 e. The Balaban J connectivity index is 1.76. The van der Waals surface area contributed by atoms with Crippen LogP contribution in [0.15, 0.2) is 4.99 Å². The first-order valence-corrected chi connectivity index (χ1v) is 10.6. The number of fused-ring (bicyclic) bond motifs is 1. The number of hydrogen-bond donors (Lipinski definition) is 4. The summed E-state index contributed by atoms with van der Waals surface area (Å²) in [4.78, 5) is 29.5. The number of benzene rings is 1. The molecule has 8 nitrogen and oxygen atoms in total. The molecule has 4 N–H and O–H groups in total. The molecule has 1 aromatic carbocycles. The number of nitrogens with zero attached hydrogens (tertiary/aromatic N) is 1. The van der Waals surface area contributed by atoms with Gasteiger partial charge in [0.2, 0.25) is 0 Å². The maximum Gasteiger partial charge on any atom is 0.264 e. The van der Waals surface area contributed by atoms with Crippen molar-refractivity contribution in [3.63, 3.8) is 0 Å². The third-order valence-electron chi connectivity index (χ3n) is 5.62. The van der Waals surface area contributed by atoms with E-state index in [1.807, 2.05) is 20.8 Å². The average molecular weight is 422 g/mol. The summed E-state index contributed by atoms with van der Waals surface area (Å²) >= 11 is 1.42. The van der Waals surface area contributed by atoms with Gasteiger partial charge in [-0.25, -0.2) is 0 Å². The van der Waals surface area contributed by atoms with E-state index in [1.165, 1.54) is 11.8 Å². The molecule has 9 heteroatoms. The van der Waals surface area contributed by atoms with Gasteiger partial charge in [-0.1, -0.05) is 11.8 Å². The maximum atomic E-state index is 13.0. The highest BCUT2D eigenvalue weighted by Gasteiger charge is 2.42. The van der Waals surface area contributed by atoms with E-state index in [1.54, 1.807) is 6.92 Å². The highest BCUT2D eigenvalue weighted by atomic mass is 32.2. The highest BCUT2D eigenvalue weighted by molar-refractivity contribution is 8.14. The minimum atomic E-state index is -1.19. The zero-order valence-corrected chi connectivity index (χ0v) is 17.9. The standard InChI is InChI=1S/C20H27N3O5S/c1-10-11(2)16-13(12(3)15(10)25)5-6-20(4,28-16)18(27)22-14(9-24)17(26)23-19-21-7-8-29-19/h14,24-25H,5-9H2,1-4H3,(H,22,27)(H,21,23,26)/t14-,20?/m0/s1. The highest BCUT2D eigenvalue weighted by Crippen LogP contribution is 2.43.